The van der Waals surface area contributed by atoms with Crippen LogP contribution in [0.4, 0.5) is 17.6 Å². The quantitative estimate of drug-likeness (QED) is 0.686. The molecule has 0 amide bonds. The zero-order valence-corrected chi connectivity index (χ0v) is 11.7. The van der Waals surface area contributed by atoms with Crippen molar-refractivity contribution in [3.8, 4) is 0 Å². The van der Waals surface area contributed by atoms with Gasteiger partial charge in [0.15, 0.2) is 0 Å². The fraction of sp³-hybridized carbons (Fsp3) is 0.333. The molecule has 22 heavy (non-hydrogen) atoms. The van der Waals surface area contributed by atoms with Crippen LogP contribution < -0.4 is 0 Å². The third-order valence-corrected chi connectivity index (χ3v) is 4.07. The summed E-state index contributed by atoms with van der Waals surface area (Å²) in [5.41, 5.74) is 0.225. The standard InChI is InChI=1S/C12H9F4N3O2S/c13-7-3-6(4-8(14)5-7)9-1-2-10-17-11(18-19(9)10)12(15,16)22(20)21/h3-5,9,22H,1-2H2. The Morgan fingerprint density at radius 1 is 1.18 bits per heavy atom. The van der Waals surface area contributed by atoms with E-state index in [1.807, 2.05) is 0 Å². The molecule has 2 aromatic rings. The predicted molar refractivity (Wildman–Crippen MR) is 67.0 cm³/mol. The van der Waals surface area contributed by atoms with Gasteiger partial charge in [-0.3, -0.25) is 0 Å². The Morgan fingerprint density at radius 3 is 2.41 bits per heavy atom. The number of hydrogen-bond acceptors (Lipinski definition) is 4. The maximum Gasteiger partial charge on any atom is 0.403 e. The minimum Gasteiger partial charge on any atom is -0.242 e. The van der Waals surface area contributed by atoms with E-state index in [1.165, 1.54) is 0 Å². The highest BCUT2D eigenvalue weighted by Crippen LogP contribution is 2.34. The first kappa shape index (κ1) is 14.9. The highest BCUT2D eigenvalue weighted by atomic mass is 32.2. The summed E-state index contributed by atoms with van der Waals surface area (Å²) in [6, 6.07) is 2.19. The topological polar surface area (TPSA) is 64.8 Å². The summed E-state index contributed by atoms with van der Waals surface area (Å²) in [5, 5.41) is -0.648. The average molecular weight is 335 g/mol. The minimum absolute atomic E-state index is 0.154. The molecule has 2 heterocycles. The van der Waals surface area contributed by atoms with E-state index >= 15 is 0 Å². The number of aryl methyl sites for hydroxylation is 1. The van der Waals surface area contributed by atoms with Gasteiger partial charge < -0.3 is 0 Å². The van der Waals surface area contributed by atoms with E-state index in [9.17, 15) is 26.0 Å². The van der Waals surface area contributed by atoms with Crippen molar-refractivity contribution >= 4 is 10.7 Å². The van der Waals surface area contributed by atoms with Crippen molar-refractivity contribution in [1.29, 1.82) is 0 Å². The van der Waals surface area contributed by atoms with E-state index in [-0.39, 0.29) is 17.8 Å². The second kappa shape index (κ2) is 5.04. The molecule has 1 aliphatic rings. The van der Waals surface area contributed by atoms with Crippen molar-refractivity contribution in [3.05, 3.63) is 47.0 Å². The normalized spacial score (nSPS) is 18.0. The summed E-state index contributed by atoms with van der Waals surface area (Å²) in [7, 11) is -4.07. The molecule has 0 saturated carbocycles. The Labute approximate surface area is 123 Å². The predicted octanol–water partition coefficient (Wildman–Crippen LogP) is 1.75. The van der Waals surface area contributed by atoms with Crippen LogP contribution in [0.15, 0.2) is 18.2 Å². The lowest BCUT2D eigenvalue weighted by atomic mass is 10.0. The molecule has 0 fully saturated rings. The third-order valence-electron chi connectivity index (χ3n) is 3.41. The second-order valence-electron chi connectivity index (χ2n) is 4.85. The van der Waals surface area contributed by atoms with Crippen LogP contribution in [0.25, 0.3) is 0 Å². The lowest BCUT2D eigenvalue weighted by molar-refractivity contribution is 0.0843. The van der Waals surface area contributed by atoms with E-state index in [1.54, 1.807) is 0 Å². The molecule has 1 unspecified atom stereocenters. The van der Waals surface area contributed by atoms with Gasteiger partial charge in [0.25, 0.3) is 0 Å². The summed E-state index contributed by atoms with van der Waals surface area (Å²) >= 11 is 0. The molecule has 1 aromatic carbocycles. The van der Waals surface area contributed by atoms with E-state index in [4.69, 9.17) is 0 Å². The fourth-order valence-electron chi connectivity index (χ4n) is 2.45. The van der Waals surface area contributed by atoms with Gasteiger partial charge in [0.05, 0.1) is 6.04 Å². The van der Waals surface area contributed by atoms with Gasteiger partial charge in [0.2, 0.25) is 16.5 Å². The van der Waals surface area contributed by atoms with Crippen LogP contribution in [0.1, 0.15) is 29.7 Å². The van der Waals surface area contributed by atoms with Crippen molar-refractivity contribution < 1.29 is 26.0 Å². The maximum atomic E-state index is 13.4. The Balaban J connectivity index is 2.03. The fourth-order valence-corrected chi connectivity index (χ4v) is 2.71. The van der Waals surface area contributed by atoms with Crippen molar-refractivity contribution in [2.45, 2.75) is 24.1 Å². The number of hydrogen-bond donors (Lipinski definition) is 1. The largest absolute Gasteiger partial charge is 0.403 e. The molecule has 1 aliphatic heterocycles. The lowest BCUT2D eigenvalue weighted by Crippen LogP contribution is -2.18. The van der Waals surface area contributed by atoms with Crippen molar-refractivity contribution in [1.82, 2.24) is 14.8 Å². The van der Waals surface area contributed by atoms with Crippen LogP contribution >= 0.6 is 0 Å². The lowest BCUT2D eigenvalue weighted by Gasteiger charge is -2.12. The number of rotatable bonds is 3. The number of benzene rings is 1. The van der Waals surface area contributed by atoms with Crippen LogP contribution in [-0.4, -0.2) is 23.2 Å². The molecule has 3 rings (SSSR count). The van der Waals surface area contributed by atoms with Gasteiger partial charge in [-0.1, -0.05) is 0 Å². The molecule has 0 radical (unpaired) electrons. The zero-order chi connectivity index (χ0) is 16.1. The number of alkyl halides is 2. The number of fused-ring (bicyclic) bond motifs is 1. The number of halogens is 4. The van der Waals surface area contributed by atoms with Crippen LogP contribution in [0.2, 0.25) is 0 Å². The first-order valence-corrected chi connectivity index (χ1v) is 7.41. The number of aromatic nitrogens is 3. The van der Waals surface area contributed by atoms with Crippen LogP contribution in [0.5, 0.6) is 0 Å². The molecule has 0 spiro atoms. The highest BCUT2D eigenvalue weighted by molar-refractivity contribution is 7.73. The summed E-state index contributed by atoms with van der Waals surface area (Å²) in [4.78, 5) is 3.53. The Bertz CT molecular complexity index is 790. The molecule has 5 nitrogen and oxygen atoms in total. The van der Waals surface area contributed by atoms with E-state index < -0.39 is 39.5 Å². The molecule has 0 saturated heterocycles. The van der Waals surface area contributed by atoms with Gasteiger partial charge in [-0.25, -0.2) is 26.9 Å². The first-order valence-electron chi connectivity index (χ1n) is 6.23. The van der Waals surface area contributed by atoms with E-state index in [0.29, 0.717) is 12.5 Å². The monoisotopic (exact) mass is 335 g/mol. The highest BCUT2D eigenvalue weighted by Gasteiger charge is 2.43. The molecule has 10 heteroatoms. The second-order valence-corrected chi connectivity index (χ2v) is 5.93. The van der Waals surface area contributed by atoms with Gasteiger partial charge in [0, 0.05) is 12.5 Å². The first-order chi connectivity index (χ1) is 10.3. The molecule has 0 N–H and O–H groups in total. The summed E-state index contributed by atoms with van der Waals surface area (Å²) in [6.07, 6.45) is 0.634. The Kier molecular flexibility index (Phi) is 3.42. The van der Waals surface area contributed by atoms with Crippen molar-refractivity contribution in [3.63, 3.8) is 0 Å². The Morgan fingerprint density at radius 2 is 1.82 bits per heavy atom. The third kappa shape index (κ3) is 2.36. The number of thiol groups is 1. The molecule has 118 valence electrons. The minimum atomic E-state index is -4.18. The van der Waals surface area contributed by atoms with Crippen LogP contribution in [0, 0.1) is 11.6 Å². The summed E-state index contributed by atoms with van der Waals surface area (Å²) in [5.74, 6) is -2.56. The molecule has 0 bridgehead atoms. The summed E-state index contributed by atoms with van der Waals surface area (Å²) in [6.45, 7) is 0. The Hall–Kier alpha value is -1.97. The zero-order valence-electron chi connectivity index (χ0n) is 10.8. The van der Waals surface area contributed by atoms with E-state index in [2.05, 4.69) is 10.1 Å². The van der Waals surface area contributed by atoms with Crippen molar-refractivity contribution in [2.24, 2.45) is 0 Å². The molecule has 0 aliphatic carbocycles. The van der Waals surface area contributed by atoms with Gasteiger partial charge in [0.1, 0.15) is 17.5 Å². The number of nitrogens with zero attached hydrogens (tertiary/aromatic N) is 3. The SMILES string of the molecule is O=[SH](=O)C(F)(F)c1nc2n(n1)C(c1cc(F)cc(F)c1)CC2. The molecular weight excluding hydrogens is 326 g/mol. The molecular formula is C12H9F4N3O2S. The van der Waals surface area contributed by atoms with Crippen molar-refractivity contribution in [2.75, 3.05) is 0 Å². The average Bonchev–Trinajstić information content (AvgIpc) is 2.96. The van der Waals surface area contributed by atoms with Crippen LogP contribution in [-0.2, 0) is 22.4 Å². The van der Waals surface area contributed by atoms with E-state index in [0.717, 1.165) is 16.8 Å². The van der Waals surface area contributed by atoms with Crippen LogP contribution in [0.3, 0.4) is 0 Å². The van der Waals surface area contributed by atoms with Gasteiger partial charge in [-0.15, -0.1) is 5.10 Å². The van der Waals surface area contributed by atoms with Gasteiger partial charge in [-0.2, -0.15) is 8.78 Å². The molecule has 1 aromatic heterocycles. The smallest absolute Gasteiger partial charge is 0.242 e. The van der Waals surface area contributed by atoms with Gasteiger partial charge in [-0.05, 0) is 24.1 Å². The summed E-state index contributed by atoms with van der Waals surface area (Å²) < 4.78 is 75.7. The maximum absolute atomic E-state index is 13.4. The van der Waals surface area contributed by atoms with Gasteiger partial charge >= 0.3 is 5.25 Å². The molecule has 1 atom stereocenters.